The van der Waals surface area contributed by atoms with Gasteiger partial charge in [0, 0.05) is 25.7 Å². The Balaban J connectivity index is 1.64. The van der Waals surface area contributed by atoms with E-state index >= 15 is 0 Å². The standard InChI is InChI=1S/C24H40N6O3/c1-5-29(6-2)15-11-14-25-21(31)19-16-20-22(32)28(4)24(3,17-30(20)27-19)23(33)26-18-12-9-7-8-10-13-18/h16,18H,5-15,17H2,1-4H3,(H,25,31)(H,26,33). The van der Waals surface area contributed by atoms with Crippen molar-refractivity contribution < 1.29 is 14.4 Å². The van der Waals surface area contributed by atoms with Gasteiger partial charge in [-0.15, -0.1) is 0 Å². The molecule has 1 saturated carbocycles. The van der Waals surface area contributed by atoms with E-state index in [0.29, 0.717) is 12.2 Å². The predicted molar refractivity (Wildman–Crippen MR) is 127 cm³/mol. The van der Waals surface area contributed by atoms with Crippen molar-refractivity contribution in [3.63, 3.8) is 0 Å². The second-order valence-corrected chi connectivity index (χ2v) is 9.51. The van der Waals surface area contributed by atoms with Crippen LogP contribution in [0, 0.1) is 0 Å². The Kier molecular flexibility index (Phi) is 8.51. The molecule has 1 fully saturated rings. The number of amides is 3. The summed E-state index contributed by atoms with van der Waals surface area (Å²) in [6.45, 7) is 9.68. The molecular weight excluding hydrogens is 420 g/mol. The number of fused-ring (bicyclic) bond motifs is 1. The first kappa shape index (κ1) is 25.2. The van der Waals surface area contributed by atoms with Crippen LogP contribution in [0.2, 0.25) is 0 Å². The molecule has 9 nitrogen and oxygen atoms in total. The molecular formula is C24H40N6O3. The van der Waals surface area contributed by atoms with Crippen LogP contribution < -0.4 is 10.6 Å². The smallest absolute Gasteiger partial charge is 0.272 e. The van der Waals surface area contributed by atoms with E-state index in [1.165, 1.54) is 28.5 Å². The summed E-state index contributed by atoms with van der Waals surface area (Å²) < 4.78 is 1.51. The van der Waals surface area contributed by atoms with Gasteiger partial charge in [-0.25, -0.2) is 0 Å². The van der Waals surface area contributed by atoms with Crippen LogP contribution in [0.4, 0.5) is 0 Å². The number of hydrogen-bond donors (Lipinski definition) is 2. The van der Waals surface area contributed by atoms with Gasteiger partial charge >= 0.3 is 0 Å². The maximum absolute atomic E-state index is 13.3. The molecule has 1 aromatic rings. The Morgan fingerprint density at radius 3 is 2.48 bits per heavy atom. The SMILES string of the molecule is CCN(CC)CCCNC(=O)c1cc2n(n1)CC(C)(C(=O)NC1CCCCCC1)N(C)C2=O. The van der Waals surface area contributed by atoms with Crippen molar-refractivity contribution in [2.24, 2.45) is 0 Å². The van der Waals surface area contributed by atoms with Gasteiger partial charge in [0.05, 0.1) is 6.54 Å². The Morgan fingerprint density at radius 2 is 1.85 bits per heavy atom. The average molecular weight is 461 g/mol. The lowest BCUT2D eigenvalue weighted by atomic mass is 9.95. The molecule has 1 aromatic heterocycles. The number of nitrogens with one attached hydrogen (secondary N) is 2. The van der Waals surface area contributed by atoms with E-state index in [-0.39, 0.29) is 36.0 Å². The number of rotatable bonds is 9. The highest BCUT2D eigenvalue weighted by Crippen LogP contribution is 2.27. The van der Waals surface area contributed by atoms with Gasteiger partial charge in [0.25, 0.3) is 11.8 Å². The molecule has 1 atom stereocenters. The van der Waals surface area contributed by atoms with E-state index in [9.17, 15) is 14.4 Å². The maximum Gasteiger partial charge on any atom is 0.272 e. The topological polar surface area (TPSA) is 99.6 Å². The zero-order valence-electron chi connectivity index (χ0n) is 20.7. The van der Waals surface area contributed by atoms with Crippen molar-refractivity contribution >= 4 is 17.7 Å². The first-order chi connectivity index (χ1) is 15.8. The van der Waals surface area contributed by atoms with Crippen LogP contribution in [-0.2, 0) is 11.3 Å². The van der Waals surface area contributed by atoms with Gasteiger partial charge in [0.2, 0.25) is 5.91 Å². The molecule has 33 heavy (non-hydrogen) atoms. The number of carbonyl (C=O) groups is 3. The second-order valence-electron chi connectivity index (χ2n) is 9.51. The fourth-order valence-corrected chi connectivity index (χ4v) is 4.74. The van der Waals surface area contributed by atoms with E-state index in [1.54, 1.807) is 14.0 Å². The minimum absolute atomic E-state index is 0.150. The quantitative estimate of drug-likeness (QED) is 0.434. The first-order valence-corrected chi connectivity index (χ1v) is 12.5. The van der Waals surface area contributed by atoms with Gasteiger partial charge in [-0.2, -0.15) is 5.10 Å². The summed E-state index contributed by atoms with van der Waals surface area (Å²) in [5.41, 5.74) is -0.506. The third-order valence-corrected chi connectivity index (χ3v) is 7.24. The molecule has 1 aliphatic carbocycles. The van der Waals surface area contributed by atoms with E-state index in [0.717, 1.165) is 51.7 Å². The molecule has 1 unspecified atom stereocenters. The normalized spacial score (nSPS) is 21.6. The summed E-state index contributed by atoms with van der Waals surface area (Å²) in [6, 6.07) is 1.68. The van der Waals surface area contributed by atoms with Crippen LogP contribution in [0.15, 0.2) is 6.07 Å². The van der Waals surface area contributed by atoms with E-state index in [4.69, 9.17) is 0 Å². The van der Waals surface area contributed by atoms with Crippen LogP contribution in [0.3, 0.4) is 0 Å². The lowest BCUT2D eigenvalue weighted by Crippen LogP contribution is -2.63. The summed E-state index contributed by atoms with van der Waals surface area (Å²) in [6.07, 6.45) is 7.45. The summed E-state index contributed by atoms with van der Waals surface area (Å²) in [7, 11) is 1.65. The third kappa shape index (κ3) is 5.75. The first-order valence-electron chi connectivity index (χ1n) is 12.5. The lowest BCUT2D eigenvalue weighted by molar-refractivity contribution is -0.133. The molecule has 9 heteroatoms. The fourth-order valence-electron chi connectivity index (χ4n) is 4.74. The van der Waals surface area contributed by atoms with Crippen molar-refractivity contribution in [3.05, 3.63) is 17.5 Å². The van der Waals surface area contributed by atoms with Gasteiger partial charge in [-0.1, -0.05) is 39.5 Å². The lowest BCUT2D eigenvalue weighted by Gasteiger charge is -2.41. The largest absolute Gasteiger partial charge is 0.351 e. The minimum atomic E-state index is -1.06. The highest BCUT2D eigenvalue weighted by Gasteiger charge is 2.46. The van der Waals surface area contributed by atoms with E-state index in [2.05, 4.69) is 34.5 Å². The van der Waals surface area contributed by atoms with Gasteiger partial charge in [-0.05, 0) is 45.8 Å². The van der Waals surface area contributed by atoms with Crippen LogP contribution in [0.1, 0.15) is 86.7 Å². The van der Waals surface area contributed by atoms with Crippen molar-refractivity contribution in [1.29, 1.82) is 0 Å². The van der Waals surface area contributed by atoms with Crippen molar-refractivity contribution in [2.75, 3.05) is 33.2 Å². The highest BCUT2D eigenvalue weighted by molar-refractivity contribution is 6.01. The van der Waals surface area contributed by atoms with Crippen LogP contribution in [0.25, 0.3) is 0 Å². The summed E-state index contributed by atoms with van der Waals surface area (Å²) in [4.78, 5) is 42.7. The molecule has 0 radical (unpaired) electrons. The summed E-state index contributed by atoms with van der Waals surface area (Å²) in [5, 5.41) is 10.5. The number of aromatic nitrogens is 2. The predicted octanol–water partition coefficient (Wildman–Crippen LogP) is 2.03. The summed E-state index contributed by atoms with van der Waals surface area (Å²) >= 11 is 0. The minimum Gasteiger partial charge on any atom is -0.351 e. The van der Waals surface area contributed by atoms with Crippen LogP contribution in [-0.4, -0.2) is 82.1 Å². The van der Waals surface area contributed by atoms with Crippen LogP contribution in [0.5, 0.6) is 0 Å². The van der Waals surface area contributed by atoms with Gasteiger partial charge in [0.15, 0.2) is 5.69 Å². The molecule has 2 heterocycles. The zero-order chi connectivity index (χ0) is 24.0. The van der Waals surface area contributed by atoms with Crippen molar-refractivity contribution in [2.45, 2.75) is 83.8 Å². The van der Waals surface area contributed by atoms with Crippen molar-refractivity contribution in [1.82, 2.24) is 30.2 Å². The Labute approximate surface area is 197 Å². The molecule has 3 rings (SSSR count). The number of hydrogen-bond acceptors (Lipinski definition) is 5. The van der Waals surface area contributed by atoms with Gasteiger partial charge < -0.3 is 20.4 Å². The summed E-state index contributed by atoms with van der Waals surface area (Å²) in [5.74, 6) is -0.752. The Hall–Kier alpha value is -2.42. The number of carbonyl (C=O) groups excluding carboxylic acids is 3. The van der Waals surface area contributed by atoms with Gasteiger partial charge in [-0.3, -0.25) is 19.1 Å². The molecule has 184 valence electrons. The highest BCUT2D eigenvalue weighted by atomic mass is 16.2. The maximum atomic E-state index is 13.3. The Bertz CT molecular complexity index is 841. The number of nitrogens with zero attached hydrogens (tertiary/aromatic N) is 4. The van der Waals surface area contributed by atoms with Crippen LogP contribution >= 0.6 is 0 Å². The average Bonchev–Trinajstić information content (AvgIpc) is 3.06. The monoisotopic (exact) mass is 460 g/mol. The molecule has 0 aromatic carbocycles. The second kappa shape index (κ2) is 11.1. The molecule has 2 aliphatic rings. The third-order valence-electron chi connectivity index (χ3n) is 7.24. The molecule has 2 N–H and O–H groups in total. The fraction of sp³-hybridized carbons (Fsp3) is 0.750. The number of likely N-dealkylation sites (N-methyl/N-ethyl adjacent to an activating group) is 1. The molecule has 0 saturated heterocycles. The Morgan fingerprint density at radius 1 is 1.18 bits per heavy atom. The van der Waals surface area contributed by atoms with E-state index < -0.39 is 5.54 Å². The zero-order valence-corrected chi connectivity index (χ0v) is 20.7. The van der Waals surface area contributed by atoms with Crippen molar-refractivity contribution in [3.8, 4) is 0 Å². The molecule has 3 amide bonds. The molecule has 0 spiro atoms. The molecule has 0 bridgehead atoms. The van der Waals surface area contributed by atoms with Gasteiger partial charge in [0.1, 0.15) is 11.2 Å². The van der Waals surface area contributed by atoms with E-state index in [1.807, 2.05) is 0 Å². The molecule has 1 aliphatic heterocycles.